The molecule has 0 aliphatic carbocycles. The Kier molecular flexibility index (Phi) is 4.84. The number of pyridine rings is 1. The molecule has 1 aromatic carbocycles. The van der Waals surface area contributed by atoms with Crippen LogP contribution in [0.1, 0.15) is 18.9 Å². The molecule has 1 saturated heterocycles. The fourth-order valence-electron chi connectivity index (χ4n) is 4.29. The van der Waals surface area contributed by atoms with Crippen LogP contribution in [0.4, 0.5) is 4.39 Å². The molecule has 1 aliphatic heterocycles. The summed E-state index contributed by atoms with van der Waals surface area (Å²) in [5, 5.41) is 9.60. The van der Waals surface area contributed by atoms with E-state index in [2.05, 4.69) is 30.9 Å². The number of nitriles is 1. The highest BCUT2D eigenvalue weighted by Crippen LogP contribution is 2.32. The second-order valence-corrected chi connectivity index (χ2v) is 7.60. The van der Waals surface area contributed by atoms with E-state index in [9.17, 15) is 9.18 Å². The lowest BCUT2D eigenvalue weighted by atomic mass is 10.0. The molecular formula is C22H18FN7O. The van der Waals surface area contributed by atoms with Gasteiger partial charge in [-0.25, -0.2) is 19.3 Å². The molecule has 0 unspecified atom stereocenters. The van der Waals surface area contributed by atoms with Crippen molar-refractivity contribution in [3.63, 3.8) is 0 Å². The van der Waals surface area contributed by atoms with Gasteiger partial charge in [0.1, 0.15) is 17.7 Å². The van der Waals surface area contributed by atoms with Crippen molar-refractivity contribution < 1.29 is 4.39 Å². The Morgan fingerprint density at radius 2 is 1.81 bits per heavy atom. The Bertz CT molecular complexity index is 1370. The summed E-state index contributed by atoms with van der Waals surface area (Å²) in [7, 11) is 0. The van der Waals surface area contributed by atoms with Crippen LogP contribution >= 0.6 is 0 Å². The van der Waals surface area contributed by atoms with Crippen molar-refractivity contribution in [3.8, 4) is 17.2 Å². The van der Waals surface area contributed by atoms with Gasteiger partial charge in [0.05, 0.1) is 36.0 Å². The van der Waals surface area contributed by atoms with E-state index in [0.29, 0.717) is 39.6 Å². The number of hydrogen-bond acceptors (Lipinski definition) is 7. The van der Waals surface area contributed by atoms with E-state index in [1.165, 1.54) is 18.6 Å². The first-order chi connectivity index (χ1) is 15.2. The number of hydrogen-bond donors (Lipinski definition) is 0. The lowest BCUT2D eigenvalue weighted by Crippen LogP contribution is -2.37. The molecule has 3 aromatic heterocycles. The summed E-state index contributed by atoms with van der Waals surface area (Å²) in [5.41, 5.74) is 2.36. The van der Waals surface area contributed by atoms with Crippen LogP contribution in [0.25, 0.3) is 33.1 Å². The van der Waals surface area contributed by atoms with Crippen LogP contribution in [0.15, 0.2) is 48.0 Å². The number of halogens is 1. The summed E-state index contributed by atoms with van der Waals surface area (Å²) in [5.74, 6) is -0.434. The average molecular weight is 415 g/mol. The molecule has 9 heteroatoms. The van der Waals surface area contributed by atoms with Crippen molar-refractivity contribution in [1.29, 1.82) is 5.26 Å². The van der Waals surface area contributed by atoms with Gasteiger partial charge >= 0.3 is 0 Å². The fraction of sp³-hybridized carbons (Fsp3) is 0.273. The Hall–Kier alpha value is -3.77. The predicted molar refractivity (Wildman–Crippen MR) is 113 cm³/mol. The summed E-state index contributed by atoms with van der Waals surface area (Å²) in [6.45, 7) is 1.85. The van der Waals surface area contributed by atoms with Crippen LogP contribution in [0, 0.1) is 17.1 Å². The maximum absolute atomic E-state index is 14.8. The fourth-order valence-corrected chi connectivity index (χ4v) is 4.29. The number of likely N-dealkylation sites (tertiary alicyclic amines) is 1. The lowest BCUT2D eigenvalue weighted by Gasteiger charge is -2.32. The molecule has 0 spiro atoms. The number of fused-ring (bicyclic) bond motifs is 3. The molecule has 31 heavy (non-hydrogen) atoms. The highest BCUT2D eigenvalue weighted by atomic mass is 19.1. The van der Waals surface area contributed by atoms with E-state index in [1.807, 2.05) is 0 Å². The first-order valence-electron chi connectivity index (χ1n) is 10.00. The van der Waals surface area contributed by atoms with Gasteiger partial charge in [0, 0.05) is 54.1 Å². The summed E-state index contributed by atoms with van der Waals surface area (Å²) in [4.78, 5) is 31.6. The molecule has 0 amide bonds. The first kappa shape index (κ1) is 19.2. The van der Waals surface area contributed by atoms with Gasteiger partial charge in [0.2, 0.25) is 0 Å². The Balaban J connectivity index is 1.72. The molecule has 154 valence electrons. The second kappa shape index (κ2) is 7.81. The molecule has 1 aliphatic rings. The van der Waals surface area contributed by atoms with Crippen molar-refractivity contribution in [2.75, 3.05) is 19.6 Å². The minimum atomic E-state index is -0.434. The minimum absolute atomic E-state index is 0.0351. The van der Waals surface area contributed by atoms with E-state index in [1.54, 1.807) is 29.2 Å². The van der Waals surface area contributed by atoms with Crippen molar-refractivity contribution >= 4 is 21.9 Å². The molecule has 0 saturated carbocycles. The Labute approximate surface area is 176 Å². The number of nitrogens with zero attached hydrogens (tertiary/aromatic N) is 7. The van der Waals surface area contributed by atoms with Crippen molar-refractivity contribution in [2.45, 2.75) is 18.9 Å². The van der Waals surface area contributed by atoms with Gasteiger partial charge in [-0.1, -0.05) is 0 Å². The zero-order valence-electron chi connectivity index (χ0n) is 16.6. The maximum Gasteiger partial charge on any atom is 0.269 e. The average Bonchev–Trinajstić information content (AvgIpc) is 2.80. The molecule has 0 radical (unpaired) electrons. The van der Waals surface area contributed by atoms with Crippen LogP contribution in [0.3, 0.4) is 0 Å². The van der Waals surface area contributed by atoms with Crippen molar-refractivity contribution in [3.05, 3.63) is 59.4 Å². The third-order valence-electron chi connectivity index (χ3n) is 5.79. The van der Waals surface area contributed by atoms with Crippen LogP contribution in [-0.4, -0.2) is 49.0 Å². The quantitative estimate of drug-likeness (QED) is 0.375. The number of benzene rings is 1. The molecule has 5 rings (SSSR count). The van der Waals surface area contributed by atoms with Crippen molar-refractivity contribution in [1.82, 2.24) is 29.4 Å². The van der Waals surface area contributed by atoms with Gasteiger partial charge in [-0.2, -0.15) is 5.26 Å². The van der Waals surface area contributed by atoms with Gasteiger partial charge in [0.15, 0.2) is 0 Å². The van der Waals surface area contributed by atoms with Crippen molar-refractivity contribution in [2.24, 2.45) is 0 Å². The summed E-state index contributed by atoms with van der Waals surface area (Å²) in [6, 6.07) is 5.21. The molecule has 0 atom stereocenters. The van der Waals surface area contributed by atoms with Gasteiger partial charge in [-0.05, 0) is 18.9 Å². The zero-order valence-corrected chi connectivity index (χ0v) is 16.6. The van der Waals surface area contributed by atoms with Crippen LogP contribution in [-0.2, 0) is 0 Å². The topological polar surface area (TPSA) is 101 Å². The first-order valence-corrected chi connectivity index (χ1v) is 10.00. The van der Waals surface area contributed by atoms with Crippen LogP contribution in [0.2, 0.25) is 0 Å². The summed E-state index contributed by atoms with van der Waals surface area (Å²) in [6.07, 6.45) is 8.85. The van der Waals surface area contributed by atoms with Crippen LogP contribution in [0.5, 0.6) is 0 Å². The van der Waals surface area contributed by atoms with Gasteiger partial charge in [-0.15, -0.1) is 0 Å². The van der Waals surface area contributed by atoms with Gasteiger partial charge < -0.3 is 4.57 Å². The molecule has 0 N–H and O–H groups in total. The largest absolute Gasteiger partial charge is 0.302 e. The van der Waals surface area contributed by atoms with E-state index < -0.39 is 5.82 Å². The van der Waals surface area contributed by atoms with E-state index in [4.69, 9.17) is 5.26 Å². The summed E-state index contributed by atoms with van der Waals surface area (Å²) >= 11 is 0. The predicted octanol–water partition coefficient (Wildman–Crippen LogP) is 2.70. The Morgan fingerprint density at radius 1 is 1.06 bits per heavy atom. The molecular weight excluding hydrogens is 397 g/mol. The zero-order chi connectivity index (χ0) is 21.4. The Morgan fingerprint density at radius 3 is 2.55 bits per heavy atom. The number of rotatable bonds is 3. The lowest BCUT2D eigenvalue weighted by molar-refractivity contribution is 0.205. The normalized spacial score (nSPS) is 15.4. The third-order valence-corrected chi connectivity index (χ3v) is 5.79. The molecule has 4 aromatic rings. The highest BCUT2D eigenvalue weighted by Gasteiger charge is 2.24. The van der Waals surface area contributed by atoms with E-state index >= 15 is 0 Å². The van der Waals surface area contributed by atoms with E-state index in [-0.39, 0.29) is 11.6 Å². The maximum atomic E-state index is 14.8. The molecule has 1 fully saturated rings. The number of piperidine rings is 1. The van der Waals surface area contributed by atoms with E-state index in [0.717, 1.165) is 25.9 Å². The molecule has 8 nitrogen and oxygen atoms in total. The molecule has 4 heterocycles. The smallest absolute Gasteiger partial charge is 0.269 e. The summed E-state index contributed by atoms with van der Waals surface area (Å²) < 4.78 is 16.6. The monoisotopic (exact) mass is 415 g/mol. The minimum Gasteiger partial charge on any atom is -0.302 e. The highest BCUT2D eigenvalue weighted by molar-refractivity contribution is 6.03. The third kappa shape index (κ3) is 3.41. The number of aromatic nitrogens is 5. The van der Waals surface area contributed by atoms with Crippen LogP contribution < -0.4 is 5.56 Å². The standard InChI is InChI=1S/C22H18FN7O/c23-18-8-19-17(7-16(18)14-9-25-13-26-10-14)22-20(11-27-19)28-12-21(31)30(22)15-1-4-29(5-2-15)6-3-24/h7-13,15H,1-2,4-6H2. The van der Waals surface area contributed by atoms with Gasteiger partial charge in [0.25, 0.3) is 5.56 Å². The van der Waals surface area contributed by atoms with Gasteiger partial charge in [-0.3, -0.25) is 14.7 Å². The second-order valence-electron chi connectivity index (χ2n) is 7.60. The SMILES string of the molecule is N#CCN1CCC(n2c(=O)cnc3cnc4cc(F)c(-c5cncnc5)cc4c32)CC1. The molecule has 0 bridgehead atoms.